The molecule has 0 rings (SSSR count). The van der Waals surface area contributed by atoms with E-state index in [2.05, 4.69) is 10.5 Å². The molecule has 0 saturated carbocycles. The lowest BCUT2D eigenvalue weighted by Crippen LogP contribution is -2.43. The van der Waals surface area contributed by atoms with Crippen molar-refractivity contribution >= 4 is 33.8 Å². The molecule has 0 aliphatic carbocycles. The minimum Gasteiger partial charge on any atom is -0.480 e. The molecule has 0 radical (unpaired) electrons. The van der Waals surface area contributed by atoms with Crippen LogP contribution >= 0.6 is 11.8 Å². The molecule has 1 amide bonds. The average molecular weight is 344 g/mol. The Morgan fingerprint density at radius 2 is 1.81 bits per heavy atom. The van der Waals surface area contributed by atoms with Gasteiger partial charge in [-0.1, -0.05) is 0 Å². The summed E-state index contributed by atoms with van der Waals surface area (Å²) >= 11 is 1.53. The molecule has 10 heteroatoms. The Morgan fingerprint density at radius 1 is 1.38 bits per heavy atom. The zero-order chi connectivity index (χ0) is 17.3. The number of carboxylic acids is 1. The maximum Gasteiger partial charge on any atom is 0.408 e. The molecular formula is C11H24N2O6S2. The van der Waals surface area contributed by atoms with Gasteiger partial charge >= 0.3 is 12.1 Å². The first kappa shape index (κ1) is 22.3. The van der Waals surface area contributed by atoms with Gasteiger partial charge in [-0.05, 0) is 39.2 Å². The Kier molecular flexibility index (Phi) is 10.5. The normalized spacial score (nSPS) is 12.7. The molecule has 0 unspecified atom stereocenters. The highest BCUT2D eigenvalue weighted by Gasteiger charge is 2.23. The van der Waals surface area contributed by atoms with E-state index in [1.54, 1.807) is 20.8 Å². The number of ether oxygens (including phenoxy) is 1. The number of hydrogen-bond acceptors (Lipinski definition) is 6. The highest BCUT2D eigenvalue weighted by molar-refractivity contribution is 7.98. The first-order chi connectivity index (χ1) is 9.26. The molecule has 1 atom stereocenters. The van der Waals surface area contributed by atoms with E-state index in [-0.39, 0.29) is 0 Å². The van der Waals surface area contributed by atoms with Crippen LogP contribution in [-0.4, -0.2) is 55.5 Å². The summed E-state index contributed by atoms with van der Waals surface area (Å²) in [5, 5.41) is 15.5. The SMILES string of the molecule is CS(N)(=O)=O.CSCC[C@H](NC(=O)OC(C)(C)C)C(=O)O. The fourth-order valence-corrected chi connectivity index (χ4v) is 1.41. The Morgan fingerprint density at radius 3 is 2.10 bits per heavy atom. The van der Waals surface area contributed by atoms with Gasteiger partial charge in [-0.2, -0.15) is 11.8 Å². The second kappa shape index (κ2) is 9.85. The van der Waals surface area contributed by atoms with Crippen molar-refractivity contribution in [1.29, 1.82) is 0 Å². The number of sulfonamides is 1. The van der Waals surface area contributed by atoms with Crippen molar-refractivity contribution in [2.75, 3.05) is 18.3 Å². The van der Waals surface area contributed by atoms with Crippen LogP contribution in [0.5, 0.6) is 0 Å². The first-order valence-corrected chi connectivity index (χ1v) is 9.30. The summed E-state index contributed by atoms with van der Waals surface area (Å²) < 4.78 is 23.8. The highest BCUT2D eigenvalue weighted by atomic mass is 32.2. The van der Waals surface area contributed by atoms with Crippen LogP contribution in [-0.2, 0) is 19.6 Å². The van der Waals surface area contributed by atoms with E-state index in [4.69, 9.17) is 9.84 Å². The van der Waals surface area contributed by atoms with Crippen molar-refractivity contribution in [3.05, 3.63) is 0 Å². The molecule has 0 spiro atoms. The van der Waals surface area contributed by atoms with Crippen molar-refractivity contribution < 1.29 is 27.9 Å². The van der Waals surface area contributed by atoms with Crippen LogP contribution in [0.25, 0.3) is 0 Å². The molecule has 0 aromatic carbocycles. The molecule has 0 aliphatic heterocycles. The third-order valence-electron chi connectivity index (χ3n) is 1.60. The zero-order valence-corrected chi connectivity index (χ0v) is 14.5. The predicted molar refractivity (Wildman–Crippen MR) is 82.8 cm³/mol. The van der Waals surface area contributed by atoms with Gasteiger partial charge in [0.05, 0.1) is 6.26 Å². The van der Waals surface area contributed by atoms with Gasteiger partial charge in [0.25, 0.3) is 0 Å². The molecule has 4 N–H and O–H groups in total. The number of hydrogen-bond donors (Lipinski definition) is 3. The van der Waals surface area contributed by atoms with Crippen molar-refractivity contribution in [3.8, 4) is 0 Å². The minimum absolute atomic E-state index is 0.385. The third-order valence-corrected chi connectivity index (χ3v) is 2.24. The lowest BCUT2D eigenvalue weighted by molar-refractivity contribution is -0.139. The van der Waals surface area contributed by atoms with Crippen LogP contribution < -0.4 is 10.5 Å². The number of alkyl carbamates (subject to hydrolysis) is 1. The Hall–Kier alpha value is -1.00. The number of thioether (sulfide) groups is 1. The number of rotatable bonds is 5. The molecule has 21 heavy (non-hydrogen) atoms. The number of amides is 1. The molecule has 0 fully saturated rings. The zero-order valence-electron chi connectivity index (χ0n) is 12.9. The van der Waals surface area contributed by atoms with E-state index >= 15 is 0 Å². The topological polar surface area (TPSA) is 136 Å². The summed E-state index contributed by atoms with van der Waals surface area (Å²) in [4.78, 5) is 22.2. The smallest absolute Gasteiger partial charge is 0.408 e. The summed E-state index contributed by atoms with van der Waals surface area (Å²) in [5.74, 6) is -0.368. The van der Waals surface area contributed by atoms with Gasteiger partial charge in [-0.25, -0.2) is 23.1 Å². The third kappa shape index (κ3) is 21.4. The van der Waals surface area contributed by atoms with E-state index in [1.165, 1.54) is 11.8 Å². The van der Waals surface area contributed by atoms with Gasteiger partial charge in [0, 0.05) is 0 Å². The average Bonchev–Trinajstić information content (AvgIpc) is 2.18. The molecule has 8 nitrogen and oxygen atoms in total. The van der Waals surface area contributed by atoms with Crippen molar-refractivity contribution in [2.24, 2.45) is 5.14 Å². The number of primary sulfonamides is 1. The van der Waals surface area contributed by atoms with Crippen molar-refractivity contribution in [2.45, 2.75) is 38.8 Å². The van der Waals surface area contributed by atoms with Crippen LogP contribution in [0.2, 0.25) is 0 Å². The maximum absolute atomic E-state index is 11.3. The number of nitrogens with two attached hydrogens (primary N) is 1. The Labute approximate surface area is 129 Å². The second-order valence-electron chi connectivity index (χ2n) is 5.15. The number of aliphatic carboxylic acids is 1. The fourth-order valence-electron chi connectivity index (χ4n) is 0.943. The molecule has 0 aliphatic rings. The molecule has 0 aromatic rings. The lowest BCUT2D eigenvalue weighted by Gasteiger charge is -2.21. The van der Waals surface area contributed by atoms with Crippen LogP contribution in [0.4, 0.5) is 4.79 Å². The highest BCUT2D eigenvalue weighted by Crippen LogP contribution is 2.08. The second-order valence-corrected chi connectivity index (χ2v) is 7.79. The van der Waals surface area contributed by atoms with Crippen molar-refractivity contribution in [3.63, 3.8) is 0 Å². The largest absolute Gasteiger partial charge is 0.480 e. The molecular weight excluding hydrogens is 320 g/mol. The number of nitrogens with one attached hydrogen (secondary N) is 1. The fraction of sp³-hybridized carbons (Fsp3) is 0.818. The van der Waals surface area contributed by atoms with Crippen molar-refractivity contribution in [1.82, 2.24) is 5.32 Å². The van der Waals surface area contributed by atoms with Crippen LogP contribution in [0, 0.1) is 0 Å². The monoisotopic (exact) mass is 344 g/mol. The van der Waals surface area contributed by atoms with Gasteiger partial charge < -0.3 is 15.2 Å². The minimum atomic E-state index is -3.17. The van der Waals surface area contributed by atoms with Gasteiger partial charge in [0.1, 0.15) is 11.6 Å². The standard InChI is InChI=1S/C10H19NO4S.CH5NO2S/c1-10(2,3)15-9(14)11-7(8(12)13)5-6-16-4;1-5(2,3)4/h7H,5-6H2,1-4H3,(H,11,14)(H,12,13);1H3,(H2,2,3,4)/t7-;/m0./s1. The van der Waals surface area contributed by atoms with Crippen LogP contribution in [0.3, 0.4) is 0 Å². The number of carbonyl (C=O) groups is 2. The first-order valence-electron chi connectivity index (χ1n) is 5.95. The summed E-state index contributed by atoms with van der Waals surface area (Å²) in [5.41, 5.74) is -0.618. The van der Waals surface area contributed by atoms with Crippen LogP contribution in [0.1, 0.15) is 27.2 Å². The van der Waals surface area contributed by atoms with Gasteiger partial charge in [0.15, 0.2) is 0 Å². The molecule has 0 heterocycles. The van der Waals surface area contributed by atoms with E-state index in [0.29, 0.717) is 12.2 Å². The van der Waals surface area contributed by atoms with E-state index in [9.17, 15) is 18.0 Å². The Bertz CT molecular complexity index is 422. The molecule has 0 saturated heterocycles. The Balaban J connectivity index is 0. The van der Waals surface area contributed by atoms with Gasteiger partial charge in [-0.15, -0.1) is 0 Å². The summed E-state index contributed by atoms with van der Waals surface area (Å²) in [6.45, 7) is 5.18. The predicted octanol–water partition coefficient (Wildman–Crippen LogP) is 0.622. The summed E-state index contributed by atoms with van der Waals surface area (Å²) in [6.07, 6.45) is 2.51. The summed E-state index contributed by atoms with van der Waals surface area (Å²) in [7, 11) is -3.17. The molecule has 126 valence electrons. The number of carbonyl (C=O) groups excluding carboxylic acids is 1. The molecule has 0 aromatic heterocycles. The summed E-state index contributed by atoms with van der Waals surface area (Å²) in [6, 6.07) is -0.887. The van der Waals surface area contributed by atoms with E-state index < -0.39 is 33.7 Å². The van der Waals surface area contributed by atoms with Gasteiger partial charge in [-0.3, -0.25) is 0 Å². The quantitative estimate of drug-likeness (QED) is 0.665. The van der Waals surface area contributed by atoms with Gasteiger partial charge in [0.2, 0.25) is 10.0 Å². The van der Waals surface area contributed by atoms with E-state index in [1.807, 2.05) is 6.26 Å². The number of carboxylic acid groups (broad SMARTS) is 1. The lowest BCUT2D eigenvalue weighted by atomic mass is 10.2. The maximum atomic E-state index is 11.3. The van der Waals surface area contributed by atoms with Crippen LogP contribution in [0.15, 0.2) is 0 Å². The molecule has 0 bridgehead atoms. The van der Waals surface area contributed by atoms with E-state index in [0.717, 1.165) is 6.26 Å².